The molecule has 108 valence electrons. The third-order valence-corrected chi connectivity index (χ3v) is 4.02. The monoisotopic (exact) mass is 268 g/mol. The van der Waals surface area contributed by atoms with Crippen LogP contribution in [0.15, 0.2) is 6.33 Å². The summed E-state index contributed by atoms with van der Waals surface area (Å²) in [7, 11) is 3.72. The fourth-order valence-electron chi connectivity index (χ4n) is 2.79. The molecule has 0 aliphatic carbocycles. The first-order valence-corrected chi connectivity index (χ1v) is 6.91. The van der Waals surface area contributed by atoms with Crippen molar-refractivity contribution in [2.45, 2.75) is 37.8 Å². The second kappa shape index (κ2) is 6.45. The number of aromatic nitrogens is 3. The number of nitrogens with zero attached hydrogens (tertiary/aromatic N) is 3. The lowest BCUT2D eigenvalue weighted by Crippen LogP contribution is -2.56. The van der Waals surface area contributed by atoms with Crippen LogP contribution in [0.3, 0.4) is 0 Å². The Morgan fingerprint density at radius 1 is 1.53 bits per heavy atom. The Morgan fingerprint density at radius 3 is 2.79 bits per heavy atom. The molecule has 0 bridgehead atoms. The molecule has 1 aliphatic rings. The van der Waals surface area contributed by atoms with Crippen LogP contribution in [0.25, 0.3) is 0 Å². The zero-order chi connectivity index (χ0) is 13.7. The average Bonchev–Trinajstić information content (AvgIpc) is 2.84. The minimum Gasteiger partial charge on any atom is -0.381 e. The third kappa shape index (κ3) is 3.13. The van der Waals surface area contributed by atoms with E-state index < -0.39 is 0 Å². The molecule has 6 heteroatoms. The Bertz CT molecular complexity index is 388. The number of methoxy groups -OCH3 is 1. The molecule has 0 amide bonds. The number of hydrogen-bond acceptors (Lipinski definition) is 5. The van der Waals surface area contributed by atoms with Crippen molar-refractivity contribution in [3.8, 4) is 0 Å². The van der Waals surface area contributed by atoms with Crippen LogP contribution < -0.4 is 5.32 Å². The number of likely N-dealkylation sites (N-methyl/N-ethyl adjacent to an activating group) is 1. The lowest BCUT2D eigenvalue weighted by atomic mass is 9.84. The van der Waals surface area contributed by atoms with Crippen molar-refractivity contribution < 1.29 is 9.47 Å². The summed E-state index contributed by atoms with van der Waals surface area (Å²) in [6.07, 6.45) is 4.25. The molecule has 0 spiro atoms. The second-order valence-electron chi connectivity index (χ2n) is 5.00. The van der Waals surface area contributed by atoms with Gasteiger partial charge in [-0.2, -0.15) is 5.10 Å². The highest BCUT2D eigenvalue weighted by molar-refractivity contribution is 5.01. The molecule has 1 aromatic rings. The van der Waals surface area contributed by atoms with Gasteiger partial charge in [-0.1, -0.05) is 6.92 Å². The maximum atomic E-state index is 5.88. The van der Waals surface area contributed by atoms with Crippen molar-refractivity contribution in [3.05, 3.63) is 12.2 Å². The number of aryl methyl sites for hydroxylation is 1. The molecule has 1 saturated heterocycles. The van der Waals surface area contributed by atoms with Gasteiger partial charge in [0.1, 0.15) is 12.2 Å². The fourth-order valence-corrected chi connectivity index (χ4v) is 2.79. The zero-order valence-corrected chi connectivity index (χ0v) is 12.1. The van der Waals surface area contributed by atoms with Gasteiger partial charge in [0.05, 0.1) is 5.60 Å². The number of hydrogen-bond donors (Lipinski definition) is 1. The summed E-state index contributed by atoms with van der Waals surface area (Å²) in [5, 5.41) is 7.68. The molecule has 2 heterocycles. The molecule has 1 aromatic heterocycles. The minimum atomic E-state index is -0.166. The molecule has 0 saturated carbocycles. The summed E-state index contributed by atoms with van der Waals surface area (Å²) in [4.78, 5) is 4.32. The molecule has 1 N–H and O–H groups in total. The molecule has 0 aromatic carbocycles. The second-order valence-corrected chi connectivity index (χ2v) is 5.00. The number of nitrogens with one attached hydrogen (secondary N) is 1. The maximum Gasteiger partial charge on any atom is 0.138 e. The summed E-state index contributed by atoms with van der Waals surface area (Å²) >= 11 is 0. The Balaban J connectivity index is 2.15. The smallest absolute Gasteiger partial charge is 0.138 e. The number of ether oxygens (including phenoxy) is 2. The van der Waals surface area contributed by atoms with Gasteiger partial charge in [0.25, 0.3) is 0 Å². The highest BCUT2D eigenvalue weighted by atomic mass is 16.5. The van der Waals surface area contributed by atoms with E-state index in [0.29, 0.717) is 0 Å². The van der Waals surface area contributed by atoms with Gasteiger partial charge in [-0.25, -0.2) is 4.98 Å². The van der Waals surface area contributed by atoms with Crippen molar-refractivity contribution in [2.24, 2.45) is 7.05 Å². The molecular weight excluding hydrogens is 244 g/mol. The highest BCUT2D eigenvalue weighted by Crippen LogP contribution is 2.29. The molecule has 1 atom stereocenters. The molecule has 0 radical (unpaired) electrons. The van der Waals surface area contributed by atoms with Crippen LogP contribution in [-0.2, 0) is 22.9 Å². The first kappa shape index (κ1) is 14.4. The summed E-state index contributed by atoms with van der Waals surface area (Å²) in [6.45, 7) is 4.55. The molecule has 1 unspecified atom stereocenters. The largest absolute Gasteiger partial charge is 0.381 e. The Hall–Kier alpha value is -0.980. The van der Waals surface area contributed by atoms with Crippen molar-refractivity contribution in [1.29, 1.82) is 0 Å². The van der Waals surface area contributed by atoms with Gasteiger partial charge in [-0.3, -0.25) is 4.68 Å². The summed E-state index contributed by atoms with van der Waals surface area (Å²) in [6, 6.07) is 0.231. The molecular formula is C13H24N4O2. The van der Waals surface area contributed by atoms with Gasteiger partial charge in [0, 0.05) is 52.7 Å². The summed E-state index contributed by atoms with van der Waals surface area (Å²) in [5.74, 6) is 0.980. The van der Waals surface area contributed by atoms with Crippen molar-refractivity contribution in [1.82, 2.24) is 20.1 Å². The van der Waals surface area contributed by atoms with Gasteiger partial charge in [-0.15, -0.1) is 0 Å². The van der Waals surface area contributed by atoms with Crippen molar-refractivity contribution in [3.63, 3.8) is 0 Å². The van der Waals surface area contributed by atoms with E-state index in [1.807, 2.05) is 11.7 Å². The summed E-state index contributed by atoms with van der Waals surface area (Å²) < 4.78 is 13.2. The lowest BCUT2D eigenvalue weighted by Gasteiger charge is -2.42. The van der Waals surface area contributed by atoms with E-state index in [-0.39, 0.29) is 11.6 Å². The first-order chi connectivity index (χ1) is 9.22. The fraction of sp³-hybridized carbons (Fsp3) is 0.846. The Morgan fingerprint density at radius 2 is 2.26 bits per heavy atom. The average molecular weight is 268 g/mol. The van der Waals surface area contributed by atoms with E-state index in [1.54, 1.807) is 13.4 Å². The predicted molar refractivity (Wildman–Crippen MR) is 72.0 cm³/mol. The van der Waals surface area contributed by atoms with Crippen LogP contribution in [0.2, 0.25) is 0 Å². The maximum absolute atomic E-state index is 5.88. The van der Waals surface area contributed by atoms with Crippen LogP contribution >= 0.6 is 0 Å². The van der Waals surface area contributed by atoms with Gasteiger partial charge >= 0.3 is 0 Å². The third-order valence-electron chi connectivity index (χ3n) is 4.02. The van der Waals surface area contributed by atoms with Crippen LogP contribution in [0.1, 0.15) is 25.6 Å². The van der Waals surface area contributed by atoms with Crippen LogP contribution in [0.5, 0.6) is 0 Å². The standard InChI is InChI=1S/C13H24N4O2/c1-4-14-11(9-12-15-10-16-17(12)2)13(18-3)5-7-19-8-6-13/h10-11,14H,4-9H2,1-3H3. The molecule has 6 nitrogen and oxygen atoms in total. The lowest BCUT2D eigenvalue weighted by molar-refractivity contribution is -0.110. The van der Waals surface area contributed by atoms with E-state index >= 15 is 0 Å². The van der Waals surface area contributed by atoms with E-state index in [9.17, 15) is 0 Å². The topological polar surface area (TPSA) is 61.2 Å². The Labute approximate surface area is 114 Å². The molecule has 1 fully saturated rings. The normalized spacial score (nSPS) is 20.4. The van der Waals surface area contributed by atoms with Crippen LogP contribution in [0, 0.1) is 0 Å². The summed E-state index contributed by atoms with van der Waals surface area (Å²) in [5.41, 5.74) is -0.166. The van der Waals surface area contributed by atoms with E-state index in [0.717, 1.165) is 44.8 Å². The molecule has 19 heavy (non-hydrogen) atoms. The SMILES string of the molecule is CCNC(Cc1ncnn1C)C1(OC)CCOCC1. The first-order valence-electron chi connectivity index (χ1n) is 6.91. The zero-order valence-electron chi connectivity index (χ0n) is 12.1. The number of rotatable bonds is 6. The van der Waals surface area contributed by atoms with Gasteiger partial charge in [0.2, 0.25) is 0 Å². The van der Waals surface area contributed by atoms with Crippen molar-refractivity contribution >= 4 is 0 Å². The Kier molecular flexibility index (Phi) is 4.90. The van der Waals surface area contributed by atoms with Gasteiger partial charge in [0.15, 0.2) is 0 Å². The predicted octanol–water partition coefficient (Wildman–Crippen LogP) is 0.531. The molecule has 2 rings (SSSR count). The van der Waals surface area contributed by atoms with Gasteiger partial charge in [-0.05, 0) is 6.54 Å². The minimum absolute atomic E-state index is 0.166. The highest BCUT2D eigenvalue weighted by Gasteiger charge is 2.40. The van der Waals surface area contributed by atoms with E-state index in [4.69, 9.17) is 9.47 Å². The van der Waals surface area contributed by atoms with Crippen LogP contribution in [0.4, 0.5) is 0 Å². The molecule has 1 aliphatic heterocycles. The van der Waals surface area contributed by atoms with E-state index in [1.165, 1.54) is 0 Å². The quantitative estimate of drug-likeness (QED) is 0.815. The van der Waals surface area contributed by atoms with E-state index in [2.05, 4.69) is 22.3 Å². The van der Waals surface area contributed by atoms with Crippen LogP contribution in [-0.4, -0.2) is 53.3 Å². The van der Waals surface area contributed by atoms with Gasteiger partial charge < -0.3 is 14.8 Å². The van der Waals surface area contributed by atoms with Crippen molar-refractivity contribution in [2.75, 3.05) is 26.9 Å².